The lowest BCUT2D eigenvalue weighted by molar-refractivity contribution is 0.475. The molecule has 2 rings (SSSR count). The number of nitrogens with zero attached hydrogens (tertiary/aromatic N) is 2. The molecule has 72 valence electrons. The number of aromatic hydroxyl groups is 2. The second-order valence-corrected chi connectivity index (χ2v) is 3.11. The molecule has 14 heavy (non-hydrogen) atoms. The van der Waals surface area contributed by atoms with Crippen LogP contribution in [0.5, 0.6) is 11.5 Å². The van der Waals surface area contributed by atoms with Gasteiger partial charge < -0.3 is 10.2 Å². The molecule has 2 aromatic rings. The van der Waals surface area contributed by atoms with Crippen molar-refractivity contribution in [2.24, 2.45) is 0 Å². The molecule has 5 heteroatoms. The molecule has 0 aliphatic carbocycles. The Labute approximate surface area is 85.0 Å². The second-order valence-electron chi connectivity index (χ2n) is 2.75. The van der Waals surface area contributed by atoms with Crippen molar-refractivity contribution in [2.45, 2.75) is 0 Å². The zero-order valence-corrected chi connectivity index (χ0v) is 7.81. The van der Waals surface area contributed by atoms with Gasteiger partial charge in [-0.05, 0) is 24.3 Å². The summed E-state index contributed by atoms with van der Waals surface area (Å²) in [7, 11) is 0. The lowest BCUT2D eigenvalue weighted by Gasteiger charge is -2.02. The van der Waals surface area contributed by atoms with E-state index >= 15 is 0 Å². The van der Waals surface area contributed by atoms with Gasteiger partial charge in [0.2, 0.25) is 0 Å². The van der Waals surface area contributed by atoms with Gasteiger partial charge in [-0.2, -0.15) is 5.10 Å². The molecule has 0 spiro atoms. The minimum atomic E-state index is -0.0697. The monoisotopic (exact) mass is 210 g/mol. The van der Waals surface area contributed by atoms with Gasteiger partial charge in [-0.1, -0.05) is 11.6 Å². The maximum atomic E-state index is 9.19. The molecule has 0 atom stereocenters. The Morgan fingerprint density at radius 3 is 2.29 bits per heavy atom. The van der Waals surface area contributed by atoms with Crippen LogP contribution in [0.25, 0.3) is 5.69 Å². The second kappa shape index (κ2) is 3.23. The van der Waals surface area contributed by atoms with E-state index in [9.17, 15) is 5.11 Å². The van der Waals surface area contributed by atoms with Crippen LogP contribution in [0.3, 0.4) is 0 Å². The van der Waals surface area contributed by atoms with E-state index in [0.29, 0.717) is 5.69 Å². The van der Waals surface area contributed by atoms with Gasteiger partial charge in [0.05, 0.1) is 11.9 Å². The van der Waals surface area contributed by atoms with Gasteiger partial charge in [0, 0.05) is 0 Å². The van der Waals surface area contributed by atoms with Gasteiger partial charge in [0.25, 0.3) is 0 Å². The van der Waals surface area contributed by atoms with Crippen molar-refractivity contribution in [3.05, 3.63) is 35.6 Å². The van der Waals surface area contributed by atoms with Crippen LogP contribution in [0.1, 0.15) is 0 Å². The molecular weight excluding hydrogens is 204 g/mol. The molecule has 0 amide bonds. The molecule has 0 saturated carbocycles. The summed E-state index contributed by atoms with van der Waals surface area (Å²) in [5, 5.41) is 22.3. The fourth-order valence-electron chi connectivity index (χ4n) is 1.10. The third kappa shape index (κ3) is 1.40. The normalized spacial score (nSPS) is 10.4. The topological polar surface area (TPSA) is 58.3 Å². The Kier molecular flexibility index (Phi) is 2.05. The molecule has 1 aromatic heterocycles. The zero-order valence-electron chi connectivity index (χ0n) is 7.05. The van der Waals surface area contributed by atoms with Crippen LogP contribution in [0.2, 0.25) is 5.15 Å². The Morgan fingerprint density at radius 1 is 1.14 bits per heavy atom. The molecule has 4 nitrogen and oxygen atoms in total. The quantitative estimate of drug-likeness (QED) is 0.756. The van der Waals surface area contributed by atoms with Crippen molar-refractivity contribution in [2.75, 3.05) is 0 Å². The number of aromatic nitrogens is 2. The van der Waals surface area contributed by atoms with Crippen molar-refractivity contribution in [1.82, 2.24) is 9.78 Å². The summed E-state index contributed by atoms with van der Waals surface area (Å²) in [6, 6.07) is 6.33. The average molecular weight is 211 g/mol. The predicted octanol–water partition coefficient (Wildman–Crippen LogP) is 1.94. The first kappa shape index (κ1) is 8.90. The summed E-state index contributed by atoms with van der Waals surface area (Å²) < 4.78 is 1.37. The number of hydrogen-bond acceptors (Lipinski definition) is 3. The fraction of sp³-hybridized carbons (Fsp3) is 0. The molecule has 2 N–H and O–H groups in total. The number of rotatable bonds is 1. The molecule has 1 heterocycles. The van der Waals surface area contributed by atoms with Gasteiger partial charge >= 0.3 is 0 Å². The van der Waals surface area contributed by atoms with Crippen LogP contribution >= 0.6 is 11.6 Å². The highest BCUT2D eigenvalue weighted by Gasteiger charge is 2.07. The van der Waals surface area contributed by atoms with Gasteiger partial charge in [-0.3, -0.25) is 0 Å². The number of halogens is 1. The predicted molar refractivity (Wildman–Crippen MR) is 51.9 cm³/mol. The average Bonchev–Trinajstić information content (AvgIpc) is 2.50. The molecule has 0 bridgehead atoms. The van der Waals surface area contributed by atoms with E-state index in [2.05, 4.69) is 5.10 Å². The SMILES string of the molecule is Oc1ccc(-n2ncc(O)c2Cl)cc1. The van der Waals surface area contributed by atoms with E-state index in [1.165, 1.54) is 23.0 Å². The molecule has 1 aromatic carbocycles. The highest BCUT2D eigenvalue weighted by molar-refractivity contribution is 6.31. The Morgan fingerprint density at radius 2 is 1.79 bits per heavy atom. The van der Waals surface area contributed by atoms with Gasteiger partial charge in [0.15, 0.2) is 10.9 Å². The zero-order chi connectivity index (χ0) is 10.1. The van der Waals surface area contributed by atoms with Gasteiger partial charge in [-0.15, -0.1) is 0 Å². The third-order valence-corrected chi connectivity index (χ3v) is 2.14. The third-order valence-electron chi connectivity index (χ3n) is 1.79. The number of phenolic OH excluding ortho intramolecular Hbond substituents is 1. The number of hydrogen-bond donors (Lipinski definition) is 2. The van der Waals surface area contributed by atoms with E-state index in [0.717, 1.165) is 0 Å². The van der Waals surface area contributed by atoms with Gasteiger partial charge in [-0.25, -0.2) is 4.68 Å². The smallest absolute Gasteiger partial charge is 0.174 e. The van der Waals surface area contributed by atoms with Crippen molar-refractivity contribution in [3.8, 4) is 17.2 Å². The molecule has 0 aliphatic heterocycles. The molecule has 0 aliphatic rings. The number of benzene rings is 1. The van der Waals surface area contributed by atoms with Crippen LogP contribution in [0, 0.1) is 0 Å². The van der Waals surface area contributed by atoms with Crippen molar-refractivity contribution in [1.29, 1.82) is 0 Å². The molecule has 0 fully saturated rings. The van der Waals surface area contributed by atoms with Crippen molar-refractivity contribution < 1.29 is 10.2 Å². The first-order valence-corrected chi connectivity index (χ1v) is 4.28. The molecular formula is C9H7ClN2O2. The Bertz CT molecular complexity index is 450. The van der Waals surface area contributed by atoms with E-state index in [1.54, 1.807) is 12.1 Å². The van der Waals surface area contributed by atoms with E-state index in [-0.39, 0.29) is 16.7 Å². The summed E-state index contributed by atoms with van der Waals surface area (Å²) in [6.07, 6.45) is 1.26. The molecule has 0 radical (unpaired) electrons. The summed E-state index contributed by atoms with van der Waals surface area (Å²) in [5.41, 5.74) is 0.674. The fourth-order valence-corrected chi connectivity index (χ4v) is 1.29. The van der Waals surface area contributed by atoms with E-state index in [4.69, 9.17) is 16.7 Å². The van der Waals surface area contributed by atoms with Gasteiger partial charge in [0.1, 0.15) is 5.75 Å². The molecule has 0 saturated heterocycles. The summed E-state index contributed by atoms with van der Waals surface area (Å²) in [4.78, 5) is 0. The van der Waals surface area contributed by atoms with Crippen LogP contribution in [-0.2, 0) is 0 Å². The molecule has 0 unspecified atom stereocenters. The van der Waals surface area contributed by atoms with E-state index in [1.807, 2.05) is 0 Å². The lowest BCUT2D eigenvalue weighted by Crippen LogP contribution is -1.94. The lowest BCUT2D eigenvalue weighted by atomic mass is 10.3. The highest BCUT2D eigenvalue weighted by Crippen LogP contribution is 2.25. The largest absolute Gasteiger partial charge is 0.508 e. The maximum Gasteiger partial charge on any atom is 0.174 e. The van der Waals surface area contributed by atoms with Crippen LogP contribution in [0.15, 0.2) is 30.5 Å². The maximum absolute atomic E-state index is 9.19. The minimum absolute atomic E-state index is 0.0697. The van der Waals surface area contributed by atoms with Crippen molar-refractivity contribution >= 4 is 11.6 Å². The first-order chi connectivity index (χ1) is 6.68. The van der Waals surface area contributed by atoms with E-state index < -0.39 is 0 Å². The minimum Gasteiger partial charge on any atom is -0.508 e. The van der Waals surface area contributed by atoms with Crippen LogP contribution in [-0.4, -0.2) is 20.0 Å². The van der Waals surface area contributed by atoms with Crippen LogP contribution < -0.4 is 0 Å². The Hall–Kier alpha value is -1.68. The first-order valence-electron chi connectivity index (χ1n) is 3.90. The summed E-state index contributed by atoms with van der Waals surface area (Å²) >= 11 is 5.77. The highest BCUT2D eigenvalue weighted by atomic mass is 35.5. The summed E-state index contributed by atoms with van der Waals surface area (Å²) in [5.74, 6) is 0.0981. The van der Waals surface area contributed by atoms with Crippen molar-refractivity contribution in [3.63, 3.8) is 0 Å². The Balaban J connectivity index is 2.49. The summed E-state index contributed by atoms with van der Waals surface area (Å²) in [6.45, 7) is 0. The van der Waals surface area contributed by atoms with Crippen LogP contribution in [0.4, 0.5) is 0 Å². The number of phenols is 1. The standard InChI is InChI=1S/C9H7ClN2O2/c10-9-8(14)5-11-12(9)6-1-3-7(13)4-2-6/h1-5,13-14H.